The largest absolute Gasteiger partial charge is 0.481 e. The van der Waals surface area contributed by atoms with Gasteiger partial charge in [0.15, 0.2) is 0 Å². The van der Waals surface area contributed by atoms with E-state index in [1.54, 1.807) is 22.0 Å². The number of aliphatic carboxylic acids is 1. The maximum absolute atomic E-state index is 12.6. The zero-order chi connectivity index (χ0) is 17.3. The molecule has 1 fully saturated rings. The molecule has 0 spiro atoms. The van der Waals surface area contributed by atoms with Crippen LogP contribution < -0.4 is 0 Å². The van der Waals surface area contributed by atoms with E-state index < -0.39 is 5.97 Å². The van der Waals surface area contributed by atoms with E-state index in [1.165, 1.54) is 0 Å². The number of carbonyl (C=O) groups excluding carboxylic acids is 1. The molecule has 2 atom stereocenters. The zero-order valence-corrected chi connectivity index (χ0v) is 14.8. The van der Waals surface area contributed by atoms with Crippen LogP contribution in [0.1, 0.15) is 23.7 Å². The van der Waals surface area contributed by atoms with Gasteiger partial charge >= 0.3 is 5.97 Å². The summed E-state index contributed by atoms with van der Waals surface area (Å²) in [4.78, 5) is 25.5. The van der Waals surface area contributed by atoms with Crippen LogP contribution in [0.3, 0.4) is 0 Å². The van der Waals surface area contributed by atoms with E-state index in [9.17, 15) is 14.7 Å². The van der Waals surface area contributed by atoms with Gasteiger partial charge in [0.2, 0.25) is 0 Å². The van der Waals surface area contributed by atoms with E-state index in [0.29, 0.717) is 25.1 Å². The van der Waals surface area contributed by atoms with Crippen LogP contribution in [-0.2, 0) is 4.79 Å². The van der Waals surface area contributed by atoms with Crippen molar-refractivity contribution in [2.45, 2.75) is 13.3 Å². The van der Waals surface area contributed by atoms with Gasteiger partial charge < -0.3 is 10.0 Å². The molecule has 0 radical (unpaired) electrons. The Balaban J connectivity index is 1.72. The van der Waals surface area contributed by atoms with Crippen molar-refractivity contribution in [3.05, 3.63) is 46.7 Å². The minimum atomic E-state index is -0.780. The monoisotopic (exact) mass is 391 g/mol. The Bertz CT molecular complexity index is 757. The highest BCUT2D eigenvalue weighted by atomic mass is 79.9. The predicted molar refractivity (Wildman–Crippen MR) is 92.1 cm³/mol. The summed E-state index contributed by atoms with van der Waals surface area (Å²) < 4.78 is 2.64. The molecule has 2 aromatic rings. The third kappa shape index (κ3) is 3.36. The lowest BCUT2D eigenvalue weighted by molar-refractivity contribution is -0.145. The molecule has 1 N–H and O–H groups in total. The van der Waals surface area contributed by atoms with Gasteiger partial charge in [0.25, 0.3) is 5.91 Å². The number of amides is 1. The van der Waals surface area contributed by atoms with Crippen molar-refractivity contribution in [2.24, 2.45) is 11.8 Å². The SMILES string of the molecule is CC1CN(C(=O)c2cnn(-c3ccc(Br)cc3)c2)CCC1C(=O)O. The van der Waals surface area contributed by atoms with Gasteiger partial charge in [0.05, 0.1) is 23.4 Å². The van der Waals surface area contributed by atoms with Gasteiger partial charge in [0, 0.05) is 23.8 Å². The molecule has 0 saturated carbocycles. The van der Waals surface area contributed by atoms with E-state index >= 15 is 0 Å². The Morgan fingerprint density at radius 3 is 2.62 bits per heavy atom. The second-order valence-corrected chi connectivity index (χ2v) is 7.03. The number of hydrogen-bond acceptors (Lipinski definition) is 3. The van der Waals surface area contributed by atoms with E-state index in [-0.39, 0.29) is 17.7 Å². The van der Waals surface area contributed by atoms with Crippen molar-refractivity contribution in [1.29, 1.82) is 0 Å². The molecule has 1 aliphatic heterocycles. The van der Waals surface area contributed by atoms with Gasteiger partial charge in [-0.05, 0) is 36.6 Å². The third-order valence-corrected chi connectivity index (χ3v) is 4.96. The van der Waals surface area contributed by atoms with Gasteiger partial charge in [-0.3, -0.25) is 9.59 Å². The highest BCUT2D eigenvalue weighted by Crippen LogP contribution is 2.25. The van der Waals surface area contributed by atoms with Gasteiger partial charge in [-0.15, -0.1) is 0 Å². The molecule has 7 heteroatoms. The maximum Gasteiger partial charge on any atom is 0.306 e. The van der Waals surface area contributed by atoms with E-state index in [2.05, 4.69) is 21.0 Å². The highest BCUT2D eigenvalue weighted by Gasteiger charge is 2.33. The number of carboxylic acids is 1. The Morgan fingerprint density at radius 2 is 2.00 bits per heavy atom. The van der Waals surface area contributed by atoms with Crippen LogP contribution in [-0.4, -0.2) is 44.8 Å². The molecular formula is C17H18BrN3O3. The fourth-order valence-corrected chi connectivity index (χ4v) is 3.31. The van der Waals surface area contributed by atoms with Crippen LogP contribution in [0, 0.1) is 11.8 Å². The van der Waals surface area contributed by atoms with Crippen LogP contribution in [0.25, 0.3) is 5.69 Å². The minimum Gasteiger partial charge on any atom is -0.481 e. The number of piperidine rings is 1. The summed E-state index contributed by atoms with van der Waals surface area (Å²) in [7, 11) is 0. The van der Waals surface area contributed by atoms with Gasteiger partial charge in [-0.1, -0.05) is 22.9 Å². The smallest absolute Gasteiger partial charge is 0.306 e. The molecule has 126 valence electrons. The lowest BCUT2D eigenvalue weighted by atomic mass is 9.87. The normalized spacial score (nSPS) is 20.8. The molecule has 1 amide bonds. The van der Waals surface area contributed by atoms with Crippen molar-refractivity contribution in [2.75, 3.05) is 13.1 Å². The third-order valence-electron chi connectivity index (χ3n) is 4.43. The van der Waals surface area contributed by atoms with Crippen molar-refractivity contribution < 1.29 is 14.7 Å². The molecule has 24 heavy (non-hydrogen) atoms. The van der Waals surface area contributed by atoms with Crippen LogP contribution in [0.2, 0.25) is 0 Å². The Morgan fingerprint density at radius 1 is 1.29 bits per heavy atom. The van der Waals surface area contributed by atoms with Gasteiger partial charge in [0.1, 0.15) is 0 Å². The van der Waals surface area contributed by atoms with Crippen molar-refractivity contribution in [1.82, 2.24) is 14.7 Å². The van der Waals surface area contributed by atoms with E-state index in [1.807, 2.05) is 31.2 Å². The first kappa shape index (κ1) is 16.7. The maximum atomic E-state index is 12.6. The summed E-state index contributed by atoms with van der Waals surface area (Å²) in [5.74, 6) is -1.31. The standard InChI is InChI=1S/C17H18BrN3O3/c1-11-9-20(7-6-15(11)17(23)24)16(22)12-8-19-21(10-12)14-4-2-13(18)3-5-14/h2-5,8,10-11,15H,6-7,9H2,1H3,(H,23,24). The zero-order valence-electron chi connectivity index (χ0n) is 13.2. The van der Waals surface area contributed by atoms with Crippen LogP contribution in [0.5, 0.6) is 0 Å². The molecule has 3 rings (SSSR count). The quantitative estimate of drug-likeness (QED) is 0.872. The number of likely N-dealkylation sites (tertiary alicyclic amines) is 1. The van der Waals surface area contributed by atoms with Crippen molar-refractivity contribution in [3.8, 4) is 5.69 Å². The summed E-state index contributed by atoms with van der Waals surface area (Å²) in [5.41, 5.74) is 1.38. The van der Waals surface area contributed by atoms with Crippen LogP contribution in [0.4, 0.5) is 0 Å². The molecule has 1 aromatic heterocycles. The number of hydrogen-bond donors (Lipinski definition) is 1. The first-order valence-corrected chi connectivity index (χ1v) is 8.57. The minimum absolute atomic E-state index is 0.0540. The highest BCUT2D eigenvalue weighted by molar-refractivity contribution is 9.10. The topological polar surface area (TPSA) is 75.4 Å². The van der Waals surface area contributed by atoms with Crippen LogP contribution in [0.15, 0.2) is 41.1 Å². The predicted octanol–water partition coefficient (Wildman–Crippen LogP) is 2.82. The molecule has 2 unspecified atom stereocenters. The molecule has 1 aromatic carbocycles. The Kier molecular flexibility index (Phi) is 4.71. The number of nitrogens with zero attached hydrogens (tertiary/aromatic N) is 3. The second-order valence-electron chi connectivity index (χ2n) is 6.11. The molecule has 0 aliphatic carbocycles. The first-order valence-electron chi connectivity index (χ1n) is 7.78. The average Bonchev–Trinajstić information content (AvgIpc) is 3.04. The number of rotatable bonds is 3. The molecule has 6 nitrogen and oxygen atoms in total. The van der Waals surface area contributed by atoms with Crippen molar-refractivity contribution in [3.63, 3.8) is 0 Å². The van der Waals surface area contributed by atoms with Gasteiger partial charge in [-0.2, -0.15) is 5.10 Å². The summed E-state index contributed by atoms with van der Waals surface area (Å²) in [6, 6.07) is 7.64. The second kappa shape index (κ2) is 6.76. The molecule has 1 saturated heterocycles. The molecular weight excluding hydrogens is 374 g/mol. The summed E-state index contributed by atoms with van der Waals surface area (Å²) in [6.07, 6.45) is 3.75. The number of aromatic nitrogens is 2. The number of halogens is 1. The Labute approximate surface area is 148 Å². The van der Waals surface area contributed by atoms with Crippen molar-refractivity contribution >= 4 is 27.8 Å². The number of benzene rings is 1. The lowest BCUT2D eigenvalue weighted by Gasteiger charge is -2.34. The molecule has 2 heterocycles. The fourth-order valence-electron chi connectivity index (χ4n) is 3.05. The molecule has 0 bridgehead atoms. The van der Waals surface area contributed by atoms with Crippen LogP contribution >= 0.6 is 15.9 Å². The van der Waals surface area contributed by atoms with Gasteiger partial charge in [-0.25, -0.2) is 4.68 Å². The van der Waals surface area contributed by atoms with E-state index in [0.717, 1.165) is 10.2 Å². The Hall–Kier alpha value is -2.15. The summed E-state index contributed by atoms with van der Waals surface area (Å²) >= 11 is 3.39. The lowest BCUT2D eigenvalue weighted by Crippen LogP contribution is -2.44. The molecule has 1 aliphatic rings. The first-order chi connectivity index (χ1) is 11.5. The summed E-state index contributed by atoms with van der Waals surface area (Å²) in [6.45, 7) is 2.80. The fraction of sp³-hybridized carbons (Fsp3) is 0.353. The number of carbonyl (C=O) groups is 2. The van der Waals surface area contributed by atoms with E-state index in [4.69, 9.17) is 0 Å². The summed E-state index contributed by atoms with van der Waals surface area (Å²) in [5, 5.41) is 13.4. The number of carboxylic acid groups (broad SMARTS) is 1. The average molecular weight is 392 g/mol.